The van der Waals surface area contributed by atoms with Crippen molar-refractivity contribution in [2.75, 3.05) is 24.3 Å². The summed E-state index contributed by atoms with van der Waals surface area (Å²) in [6.45, 7) is 0. The molecule has 0 atom stereocenters. The monoisotopic (exact) mass is 277 g/mol. The Labute approximate surface area is 115 Å². The van der Waals surface area contributed by atoms with Gasteiger partial charge in [-0.15, -0.1) is 0 Å². The van der Waals surface area contributed by atoms with E-state index in [4.69, 9.17) is 0 Å². The first-order chi connectivity index (χ1) is 9.54. The molecular weight excluding hydrogens is 264 g/mol. The van der Waals surface area contributed by atoms with Crippen LogP contribution in [0.25, 0.3) is 0 Å². The molecule has 0 bridgehead atoms. The highest BCUT2D eigenvalue weighted by atomic mass is 19.1. The number of carbonyl (C=O) groups is 1. The maximum atomic E-state index is 13.7. The zero-order valence-electron chi connectivity index (χ0n) is 11.0. The Balaban J connectivity index is 2.41. The molecule has 20 heavy (non-hydrogen) atoms. The zero-order chi connectivity index (χ0) is 14.7. The third kappa shape index (κ3) is 2.59. The lowest BCUT2D eigenvalue weighted by molar-refractivity contribution is 0.0992. The highest BCUT2D eigenvalue weighted by Crippen LogP contribution is 2.22. The van der Waals surface area contributed by atoms with Crippen molar-refractivity contribution in [2.24, 2.45) is 0 Å². The van der Waals surface area contributed by atoms with Crippen LogP contribution in [-0.2, 0) is 0 Å². The first kappa shape index (κ1) is 13.9. The molecule has 1 N–H and O–H groups in total. The number of amides is 1. The van der Waals surface area contributed by atoms with Crippen LogP contribution in [0.5, 0.6) is 0 Å². The van der Waals surface area contributed by atoms with Crippen molar-refractivity contribution in [1.82, 2.24) is 4.98 Å². The van der Waals surface area contributed by atoms with E-state index in [0.717, 1.165) is 17.2 Å². The number of hydrogen-bond donors (Lipinski definition) is 1. The van der Waals surface area contributed by atoms with Crippen LogP contribution in [0.2, 0.25) is 0 Å². The molecule has 2 aromatic rings. The summed E-state index contributed by atoms with van der Waals surface area (Å²) in [5.41, 5.74) is 0.155. The van der Waals surface area contributed by atoms with E-state index in [0.29, 0.717) is 0 Å². The third-order valence-electron chi connectivity index (χ3n) is 2.84. The van der Waals surface area contributed by atoms with E-state index in [1.807, 2.05) is 0 Å². The number of halogens is 2. The van der Waals surface area contributed by atoms with E-state index in [1.54, 1.807) is 13.1 Å². The second-order valence-electron chi connectivity index (χ2n) is 4.12. The van der Waals surface area contributed by atoms with Gasteiger partial charge in [0.25, 0.3) is 5.91 Å². The van der Waals surface area contributed by atoms with Gasteiger partial charge in [0.2, 0.25) is 0 Å². The molecule has 1 amide bonds. The van der Waals surface area contributed by atoms with Gasteiger partial charge in [0.05, 0.1) is 17.4 Å². The second kappa shape index (κ2) is 5.64. The molecule has 0 aliphatic heterocycles. The lowest BCUT2D eigenvalue weighted by atomic mass is 10.2. The average molecular weight is 277 g/mol. The zero-order valence-corrected chi connectivity index (χ0v) is 11.0. The van der Waals surface area contributed by atoms with Crippen LogP contribution in [0.15, 0.2) is 36.5 Å². The fraction of sp³-hybridized carbons (Fsp3) is 0.143. The van der Waals surface area contributed by atoms with Crippen molar-refractivity contribution in [3.05, 3.63) is 53.7 Å². The maximum absolute atomic E-state index is 13.7. The van der Waals surface area contributed by atoms with Crippen molar-refractivity contribution in [1.29, 1.82) is 0 Å². The Hall–Kier alpha value is -2.50. The summed E-state index contributed by atoms with van der Waals surface area (Å²) in [5, 5.41) is 2.71. The van der Waals surface area contributed by atoms with E-state index in [1.165, 1.54) is 25.2 Å². The molecule has 2 rings (SSSR count). The normalized spacial score (nSPS) is 10.2. The molecule has 1 aromatic carbocycles. The van der Waals surface area contributed by atoms with Crippen LogP contribution >= 0.6 is 0 Å². The van der Waals surface area contributed by atoms with Gasteiger partial charge >= 0.3 is 0 Å². The van der Waals surface area contributed by atoms with E-state index in [9.17, 15) is 13.6 Å². The van der Waals surface area contributed by atoms with Crippen LogP contribution in [0.1, 0.15) is 10.4 Å². The molecule has 0 radical (unpaired) electrons. The summed E-state index contributed by atoms with van der Waals surface area (Å²) in [7, 11) is 2.99. The summed E-state index contributed by atoms with van der Waals surface area (Å²) >= 11 is 0. The molecular formula is C14H13F2N3O. The molecule has 1 heterocycles. The van der Waals surface area contributed by atoms with Gasteiger partial charge < -0.3 is 10.2 Å². The van der Waals surface area contributed by atoms with E-state index >= 15 is 0 Å². The van der Waals surface area contributed by atoms with Crippen molar-refractivity contribution in [3.63, 3.8) is 0 Å². The molecule has 0 spiro atoms. The number of nitrogens with zero attached hydrogens (tertiary/aromatic N) is 2. The van der Waals surface area contributed by atoms with Gasteiger partial charge in [-0.05, 0) is 18.2 Å². The predicted octanol–water partition coefficient (Wildman–Crippen LogP) is 2.68. The minimum atomic E-state index is -0.630. The number of anilines is 2. The summed E-state index contributed by atoms with van der Waals surface area (Å²) in [6.07, 6.45) is 1.01. The first-order valence-corrected chi connectivity index (χ1v) is 5.90. The molecule has 4 nitrogen and oxygen atoms in total. The van der Waals surface area contributed by atoms with E-state index in [-0.39, 0.29) is 17.1 Å². The minimum absolute atomic E-state index is 0.0400. The Bertz CT molecular complexity index is 646. The Morgan fingerprint density at radius 2 is 2.00 bits per heavy atom. The average Bonchev–Trinajstić information content (AvgIpc) is 2.46. The van der Waals surface area contributed by atoms with Gasteiger partial charge in [-0.2, -0.15) is 0 Å². The summed E-state index contributed by atoms with van der Waals surface area (Å²) in [5.74, 6) is -1.47. The van der Waals surface area contributed by atoms with Crippen LogP contribution in [0, 0.1) is 11.6 Å². The first-order valence-electron chi connectivity index (χ1n) is 5.90. The van der Waals surface area contributed by atoms with Crippen molar-refractivity contribution < 1.29 is 13.6 Å². The largest absolute Gasteiger partial charge is 0.372 e. The Morgan fingerprint density at radius 1 is 1.30 bits per heavy atom. The number of rotatable bonds is 3. The minimum Gasteiger partial charge on any atom is -0.372 e. The number of nitrogens with one attached hydrogen (secondary N) is 1. The number of para-hydroxylation sites is 1. The smallest absolute Gasteiger partial charge is 0.261 e. The number of hydrogen-bond acceptors (Lipinski definition) is 3. The predicted molar refractivity (Wildman–Crippen MR) is 72.9 cm³/mol. The van der Waals surface area contributed by atoms with Gasteiger partial charge in [-0.3, -0.25) is 4.79 Å². The topological polar surface area (TPSA) is 45.2 Å². The molecule has 104 valence electrons. The lowest BCUT2D eigenvalue weighted by Crippen LogP contribution is -2.28. The molecule has 0 aliphatic rings. The Kier molecular flexibility index (Phi) is 3.93. The molecule has 6 heteroatoms. The van der Waals surface area contributed by atoms with E-state index in [2.05, 4.69) is 10.3 Å². The van der Waals surface area contributed by atoms with Gasteiger partial charge in [0.15, 0.2) is 0 Å². The highest BCUT2D eigenvalue weighted by molar-refractivity contribution is 6.08. The fourth-order valence-electron chi connectivity index (χ4n) is 1.82. The second-order valence-corrected chi connectivity index (χ2v) is 4.12. The molecule has 0 saturated carbocycles. The van der Waals surface area contributed by atoms with Crippen LogP contribution in [0.4, 0.5) is 20.3 Å². The van der Waals surface area contributed by atoms with Gasteiger partial charge in [0.1, 0.15) is 17.5 Å². The lowest BCUT2D eigenvalue weighted by Gasteiger charge is -2.19. The van der Waals surface area contributed by atoms with Crippen molar-refractivity contribution >= 4 is 17.4 Å². The Morgan fingerprint density at radius 3 is 2.65 bits per heavy atom. The summed E-state index contributed by atoms with van der Waals surface area (Å²) in [4.78, 5) is 17.2. The number of benzene rings is 1. The SMILES string of the molecule is CNc1ncc(F)cc1C(=O)N(C)c1ccccc1F. The standard InChI is InChI=1S/C14H13F2N3O/c1-17-13-10(7-9(15)8-18-13)14(20)19(2)12-6-4-3-5-11(12)16/h3-8H,1-2H3,(H,17,18). The van der Waals surface area contributed by atoms with Crippen LogP contribution in [0.3, 0.4) is 0 Å². The third-order valence-corrected chi connectivity index (χ3v) is 2.84. The van der Waals surface area contributed by atoms with Gasteiger partial charge in [-0.25, -0.2) is 13.8 Å². The molecule has 0 unspecified atom stereocenters. The summed E-state index contributed by atoms with van der Waals surface area (Å²) < 4.78 is 26.9. The summed E-state index contributed by atoms with van der Waals surface area (Å²) in [6, 6.07) is 6.93. The van der Waals surface area contributed by atoms with Gasteiger partial charge in [0, 0.05) is 14.1 Å². The van der Waals surface area contributed by atoms with Crippen molar-refractivity contribution in [3.8, 4) is 0 Å². The molecule has 1 aromatic heterocycles. The highest BCUT2D eigenvalue weighted by Gasteiger charge is 2.20. The maximum Gasteiger partial charge on any atom is 0.261 e. The molecule has 0 saturated heterocycles. The number of pyridine rings is 1. The number of aromatic nitrogens is 1. The number of carbonyl (C=O) groups excluding carboxylic acids is 1. The van der Waals surface area contributed by atoms with Gasteiger partial charge in [-0.1, -0.05) is 12.1 Å². The quantitative estimate of drug-likeness (QED) is 0.938. The molecule has 0 aliphatic carbocycles. The van der Waals surface area contributed by atoms with Crippen LogP contribution in [-0.4, -0.2) is 25.0 Å². The fourth-order valence-corrected chi connectivity index (χ4v) is 1.82. The van der Waals surface area contributed by atoms with Crippen molar-refractivity contribution in [2.45, 2.75) is 0 Å². The van der Waals surface area contributed by atoms with Crippen LogP contribution < -0.4 is 10.2 Å². The molecule has 0 fully saturated rings. The van der Waals surface area contributed by atoms with E-state index < -0.39 is 17.5 Å².